The van der Waals surface area contributed by atoms with Gasteiger partial charge in [0.05, 0.1) is 6.04 Å². The van der Waals surface area contributed by atoms with Gasteiger partial charge < -0.3 is 5.32 Å². The highest BCUT2D eigenvalue weighted by Gasteiger charge is 2.11. The molecule has 0 spiro atoms. The molecular formula is C20H25NOS. The molecule has 122 valence electrons. The minimum absolute atomic E-state index is 0.0576. The molecule has 2 rings (SSSR count). The van der Waals surface area contributed by atoms with E-state index in [2.05, 4.69) is 49.5 Å². The lowest BCUT2D eigenvalue weighted by Crippen LogP contribution is -2.27. The van der Waals surface area contributed by atoms with Gasteiger partial charge in [0, 0.05) is 17.9 Å². The van der Waals surface area contributed by atoms with E-state index < -0.39 is 0 Å². The molecule has 3 heteroatoms. The first-order chi connectivity index (χ1) is 11.1. The molecule has 23 heavy (non-hydrogen) atoms. The van der Waals surface area contributed by atoms with Crippen LogP contribution < -0.4 is 5.32 Å². The van der Waals surface area contributed by atoms with Crippen LogP contribution in [-0.2, 0) is 10.5 Å². The second-order valence-electron chi connectivity index (χ2n) is 5.94. The monoisotopic (exact) mass is 327 g/mol. The molecule has 1 N–H and O–H groups in total. The fraction of sp³-hybridized carbons (Fsp3) is 0.350. The van der Waals surface area contributed by atoms with Gasteiger partial charge in [0.2, 0.25) is 5.91 Å². The first kappa shape index (κ1) is 17.6. The summed E-state index contributed by atoms with van der Waals surface area (Å²) >= 11 is 1.80. The van der Waals surface area contributed by atoms with E-state index in [0.29, 0.717) is 6.42 Å². The molecule has 0 bridgehead atoms. The summed E-state index contributed by atoms with van der Waals surface area (Å²) in [4.78, 5) is 12.1. The Bertz CT molecular complexity index is 639. The number of aryl methyl sites for hydroxylation is 2. The van der Waals surface area contributed by atoms with Crippen LogP contribution in [0.1, 0.15) is 41.6 Å². The lowest BCUT2D eigenvalue weighted by Gasteiger charge is -2.17. The Morgan fingerprint density at radius 2 is 1.87 bits per heavy atom. The van der Waals surface area contributed by atoms with Gasteiger partial charge in [-0.15, -0.1) is 0 Å². The third-order valence-electron chi connectivity index (χ3n) is 3.85. The summed E-state index contributed by atoms with van der Waals surface area (Å²) in [5.41, 5.74) is 4.99. The number of carbonyl (C=O) groups is 1. The number of hydrogen-bond acceptors (Lipinski definition) is 2. The van der Waals surface area contributed by atoms with E-state index in [4.69, 9.17) is 0 Å². The van der Waals surface area contributed by atoms with Crippen molar-refractivity contribution in [2.45, 2.75) is 39.0 Å². The molecule has 0 heterocycles. The van der Waals surface area contributed by atoms with Gasteiger partial charge in [-0.1, -0.05) is 54.1 Å². The Balaban J connectivity index is 1.74. The van der Waals surface area contributed by atoms with E-state index in [1.165, 1.54) is 22.3 Å². The fourth-order valence-electron chi connectivity index (χ4n) is 2.63. The van der Waals surface area contributed by atoms with Gasteiger partial charge in [0.15, 0.2) is 0 Å². The zero-order valence-electron chi connectivity index (χ0n) is 14.1. The molecule has 0 aliphatic carbocycles. The van der Waals surface area contributed by atoms with E-state index in [-0.39, 0.29) is 11.9 Å². The average Bonchev–Trinajstić information content (AvgIpc) is 2.52. The SMILES string of the molecule is Cc1ccc(C(C)NC(=O)CCSCc2ccccc2)c(C)c1. The number of carbonyl (C=O) groups excluding carboxylic acids is 1. The van der Waals surface area contributed by atoms with E-state index in [1.807, 2.05) is 25.1 Å². The molecule has 0 radical (unpaired) electrons. The molecular weight excluding hydrogens is 302 g/mol. The van der Waals surface area contributed by atoms with E-state index in [9.17, 15) is 4.79 Å². The Morgan fingerprint density at radius 1 is 1.13 bits per heavy atom. The zero-order valence-corrected chi connectivity index (χ0v) is 15.0. The minimum Gasteiger partial charge on any atom is -0.350 e. The van der Waals surface area contributed by atoms with Crippen molar-refractivity contribution >= 4 is 17.7 Å². The second-order valence-corrected chi connectivity index (χ2v) is 7.04. The maximum absolute atomic E-state index is 12.1. The highest BCUT2D eigenvalue weighted by Crippen LogP contribution is 2.19. The number of hydrogen-bond donors (Lipinski definition) is 1. The number of benzene rings is 2. The third-order valence-corrected chi connectivity index (χ3v) is 4.88. The summed E-state index contributed by atoms with van der Waals surface area (Å²) in [7, 11) is 0. The molecule has 1 unspecified atom stereocenters. The van der Waals surface area contributed by atoms with Gasteiger partial charge in [0.25, 0.3) is 0 Å². The Morgan fingerprint density at radius 3 is 2.57 bits per heavy atom. The van der Waals surface area contributed by atoms with Crippen LogP contribution in [0, 0.1) is 13.8 Å². The van der Waals surface area contributed by atoms with Crippen LogP contribution in [0.5, 0.6) is 0 Å². The summed E-state index contributed by atoms with van der Waals surface area (Å²) in [6, 6.07) is 16.8. The summed E-state index contributed by atoms with van der Waals surface area (Å²) in [6.45, 7) is 6.23. The molecule has 2 aromatic carbocycles. The number of nitrogens with one attached hydrogen (secondary N) is 1. The standard InChI is InChI=1S/C20H25NOS/c1-15-9-10-19(16(2)13-15)17(3)21-20(22)11-12-23-14-18-7-5-4-6-8-18/h4-10,13,17H,11-12,14H2,1-3H3,(H,21,22). The first-order valence-electron chi connectivity index (χ1n) is 8.04. The Kier molecular flexibility index (Phi) is 6.72. The maximum Gasteiger partial charge on any atom is 0.221 e. The minimum atomic E-state index is 0.0576. The van der Waals surface area contributed by atoms with E-state index in [1.54, 1.807) is 11.8 Å². The zero-order chi connectivity index (χ0) is 16.7. The maximum atomic E-state index is 12.1. The molecule has 1 atom stereocenters. The summed E-state index contributed by atoms with van der Waals surface area (Å²) < 4.78 is 0. The average molecular weight is 327 g/mol. The number of rotatable bonds is 7. The van der Waals surface area contributed by atoms with Crippen LogP contribution >= 0.6 is 11.8 Å². The van der Waals surface area contributed by atoms with Crippen LogP contribution in [0.2, 0.25) is 0 Å². The largest absolute Gasteiger partial charge is 0.350 e. The van der Waals surface area contributed by atoms with Crippen LogP contribution in [0.3, 0.4) is 0 Å². The lowest BCUT2D eigenvalue weighted by molar-refractivity contribution is -0.121. The number of thioether (sulfide) groups is 1. The first-order valence-corrected chi connectivity index (χ1v) is 9.20. The molecule has 0 saturated carbocycles. The summed E-state index contributed by atoms with van der Waals surface area (Å²) in [5, 5.41) is 3.10. The van der Waals surface area contributed by atoms with Crippen LogP contribution in [-0.4, -0.2) is 11.7 Å². The third kappa shape index (κ3) is 5.76. The van der Waals surface area contributed by atoms with Gasteiger partial charge in [-0.25, -0.2) is 0 Å². The molecule has 0 saturated heterocycles. The Hall–Kier alpha value is -1.74. The van der Waals surface area contributed by atoms with Gasteiger partial charge in [-0.3, -0.25) is 4.79 Å². The summed E-state index contributed by atoms with van der Waals surface area (Å²) in [5.74, 6) is 1.93. The van der Waals surface area contributed by atoms with Crippen LogP contribution in [0.25, 0.3) is 0 Å². The topological polar surface area (TPSA) is 29.1 Å². The highest BCUT2D eigenvalue weighted by atomic mass is 32.2. The van der Waals surface area contributed by atoms with Crippen LogP contribution in [0.4, 0.5) is 0 Å². The van der Waals surface area contributed by atoms with Crippen molar-refractivity contribution in [3.63, 3.8) is 0 Å². The van der Waals surface area contributed by atoms with Crippen molar-refractivity contribution in [2.75, 3.05) is 5.75 Å². The highest BCUT2D eigenvalue weighted by molar-refractivity contribution is 7.98. The molecule has 2 nitrogen and oxygen atoms in total. The molecule has 0 aliphatic heterocycles. The van der Waals surface area contributed by atoms with Crippen molar-refractivity contribution in [1.29, 1.82) is 0 Å². The van der Waals surface area contributed by atoms with Crippen LogP contribution in [0.15, 0.2) is 48.5 Å². The van der Waals surface area contributed by atoms with Gasteiger partial charge in [-0.2, -0.15) is 11.8 Å². The normalized spacial score (nSPS) is 12.0. The van der Waals surface area contributed by atoms with Gasteiger partial charge >= 0.3 is 0 Å². The van der Waals surface area contributed by atoms with E-state index >= 15 is 0 Å². The summed E-state index contributed by atoms with van der Waals surface area (Å²) in [6.07, 6.45) is 0.562. The van der Waals surface area contributed by atoms with Gasteiger partial charge in [0.1, 0.15) is 0 Å². The number of amides is 1. The van der Waals surface area contributed by atoms with Crippen molar-refractivity contribution in [3.05, 3.63) is 70.8 Å². The molecule has 1 amide bonds. The van der Waals surface area contributed by atoms with Crippen molar-refractivity contribution in [3.8, 4) is 0 Å². The van der Waals surface area contributed by atoms with Gasteiger partial charge in [-0.05, 0) is 37.5 Å². The predicted molar refractivity (Wildman–Crippen MR) is 99.7 cm³/mol. The fourth-order valence-corrected chi connectivity index (χ4v) is 3.53. The molecule has 0 aliphatic rings. The van der Waals surface area contributed by atoms with Crippen molar-refractivity contribution in [2.24, 2.45) is 0 Å². The quantitative estimate of drug-likeness (QED) is 0.740. The van der Waals surface area contributed by atoms with Crippen molar-refractivity contribution in [1.82, 2.24) is 5.32 Å². The van der Waals surface area contributed by atoms with E-state index in [0.717, 1.165) is 11.5 Å². The molecule has 0 aromatic heterocycles. The molecule has 2 aromatic rings. The van der Waals surface area contributed by atoms with Crippen molar-refractivity contribution < 1.29 is 4.79 Å². The molecule has 0 fully saturated rings. The second kappa shape index (κ2) is 8.78. The predicted octanol–water partition coefficient (Wildman–Crippen LogP) is 4.80. The Labute approximate surface area is 143 Å². The smallest absolute Gasteiger partial charge is 0.221 e. The lowest BCUT2D eigenvalue weighted by atomic mass is 10.0.